The average Bonchev–Trinajstić information content (AvgIpc) is 2.63. The van der Waals surface area contributed by atoms with Crippen LogP contribution in [0.15, 0.2) is 29.1 Å². The van der Waals surface area contributed by atoms with Gasteiger partial charge in [0.2, 0.25) is 0 Å². The maximum atomic E-state index is 11.9. The molecule has 0 aliphatic heterocycles. The van der Waals surface area contributed by atoms with Gasteiger partial charge in [-0.1, -0.05) is 18.2 Å². The van der Waals surface area contributed by atoms with Crippen LogP contribution in [0.3, 0.4) is 0 Å². The number of carboxylic acid groups (broad SMARTS) is 1. The summed E-state index contributed by atoms with van der Waals surface area (Å²) >= 11 is 0. The summed E-state index contributed by atoms with van der Waals surface area (Å²) in [6, 6.07) is 7.71. The molecule has 0 saturated carbocycles. The SMILES string of the molecule is Cc1ccccc1-n1[nH]c(=O)c(CCC(=O)O)c1C. The number of nitrogens with zero attached hydrogens (tertiary/aromatic N) is 1. The summed E-state index contributed by atoms with van der Waals surface area (Å²) in [5.41, 5.74) is 3.02. The Morgan fingerprint density at radius 3 is 2.63 bits per heavy atom. The highest BCUT2D eigenvalue weighted by Gasteiger charge is 2.14. The molecule has 0 bridgehead atoms. The first-order valence-electron chi connectivity index (χ1n) is 6.09. The third-order valence-corrected chi connectivity index (χ3v) is 3.20. The number of aromatic nitrogens is 2. The Balaban J connectivity index is 2.45. The van der Waals surface area contributed by atoms with Gasteiger partial charge in [0.25, 0.3) is 5.56 Å². The van der Waals surface area contributed by atoms with Gasteiger partial charge in [0.05, 0.1) is 5.69 Å². The van der Waals surface area contributed by atoms with Crippen LogP contribution in [0.2, 0.25) is 0 Å². The maximum Gasteiger partial charge on any atom is 0.303 e. The number of hydrogen-bond donors (Lipinski definition) is 2. The molecule has 0 aliphatic rings. The third-order valence-electron chi connectivity index (χ3n) is 3.20. The van der Waals surface area contributed by atoms with E-state index in [4.69, 9.17) is 5.11 Å². The van der Waals surface area contributed by atoms with E-state index >= 15 is 0 Å². The monoisotopic (exact) mass is 260 g/mol. The van der Waals surface area contributed by atoms with E-state index in [2.05, 4.69) is 5.10 Å². The molecule has 2 rings (SSSR count). The molecule has 0 unspecified atom stereocenters. The van der Waals surface area contributed by atoms with Gasteiger partial charge >= 0.3 is 5.97 Å². The summed E-state index contributed by atoms with van der Waals surface area (Å²) in [5.74, 6) is -0.901. The summed E-state index contributed by atoms with van der Waals surface area (Å²) in [6.45, 7) is 3.78. The predicted molar refractivity (Wildman–Crippen MR) is 71.8 cm³/mol. The molecule has 5 heteroatoms. The Labute approximate surface area is 110 Å². The highest BCUT2D eigenvalue weighted by Crippen LogP contribution is 2.16. The van der Waals surface area contributed by atoms with Gasteiger partial charge in [0, 0.05) is 17.7 Å². The number of para-hydroxylation sites is 1. The molecule has 2 N–H and O–H groups in total. The minimum absolute atomic E-state index is 0.0400. The number of H-pyrrole nitrogens is 1. The van der Waals surface area contributed by atoms with Crippen molar-refractivity contribution in [3.05, 3.63) is 51.4 Å². The highest BCUT2D eigenvalue weighted by atomic mass is 16.4. The second-order valence-electron chi connectivity index (χ2n) is 4.52. The fraction of sp³-hybridized carbons (Fsp3) is 0.286. The van der Waals surface area contributed by atoms with Crippen molar-refractivity contribution >= 4 is 5.97 Å². The largest absolute Gasteiger partial charge is 0.481 e. The lowest BCUT2D eigenvalue weighted by atomic mass is 10.1. The molecule has 1 aromatic carbocycles. The molecule has 0 radical (unpaired) electrons. The second kappa shape index (κ2) is 5.14. The summed E-state index contributed by atoms with van der Waals surface area (Å²) in [5, 5.41) is 11.5. The number of carboxylic acids is 1. The highest BCUT2D eigenvalue weighted by molar-refractivity contribution is 5.67. The van der Waals surface area contributed by atoms with Crippen molar-refractivity contribution in [2.45, 2.75) is 26.7 Å². The van der Waals surface area contributed by atoms with E-state index in [1.54, 1.807) is 4.68 Å². The van der Waals surface area contributed by atoms with Crippen molar-refractivity contribution in [3.8, 4) is 5.69 Å². The first-order valence-corrected chi connectivity index (χ1v) is 6.09. The summed E-state index contributed by atoms with van der Waals surface area (Å²) in [6.07, 6.45) is 0.205. The first kappa shape index (κ1) is 13.1. The average molecular weight is 260 g/mol. The fourth-order valence-electron chi connectivity index (χ4n) is 2.13. The molecular weight excluding hydrogens is 244 g/mol. The smallest absolute Gasteiger partial charge is 0.303 e. The lowest BCUT2D eigenvalue weighted by molar-refractivity contribution is -0.136. The zero-order valence-electron chi connectivity index (χ0n) is 10.9. The molecular formula is C14H16N2O3. The molecule has 1 aromatic heterocycles. The van der Waals surface area contributed by atoms with Gasteiger partial charge in [-0.15, -0.1) is 0 Å². The Kier molecular flexibility index (Phi) is 3.55. The van der Waals surface area contributed by atoms with Crippen LogP contribution in [0.4, 0.5) is 0 Å². The standard InChI is InChI=1S/C14H16N2O3/c1-9-5-3-4-6-12(9)16-10(2)11(14(19)15-16)7-8-13(17)18/h3-6H,7-8H2,1-2H3,(H,15,19)(H,17,18). The molecule has 0 aliphatic carbocycles. The van der Waals surface area contributed by atoms with Crippen LogP contribution < -0.4 is 5.56 Å². The zero-order valence-corrected chi connectivity index (χ0v) is 10.9. The molecule has 0 atom stereocenters. The maximum absolute atomic E-state index is 11.9. The van der Waals surface area contributed by atoms with Crippen LogP contribution in [0, 0.1) is 13.8 Å². The normalized spacial score (nSPS) is 10.6. The van der Waals surface area contributed by atoms with E-state index in [-0.39, 0.29) is 18.4 Å². The minimum Gasteiger partial charge on any atom is -0.481 e. The second-order valence-corrected chi connectivity index (χ2v) is 4.52. The van der Waals surface area contributed by atoms with Crippen molar-refractivity contribution < 1.29 is 9.90 Å². The van der Waals surface area contributed by atoms with Crippen molar-refractivity contribution in [1.29, 1.82) is 0 Å². The topological polar surface area (TPSA) is 75.1 Å². The lowest BCUT2D eigenvalue weighted by Gasteiger charge is -2.09. The van der Waals surface area contributed by atoms with E-state index in [0.717, 1.165) is 16.9 Å². The number of aryl methyl sites for hydroxylation is 1. The van der Waals surface area contributed by atoms with Gasteiger partial charge in [-0.05, 0) is 31.9 Å². The molecule has 1 heterocycles. The first-order chi connectivity index (χ1) is 9.00. The molecule has 0 saturated heterocycles. The van der Waals surface area contributed by atoms with Gasteiger partial charge in [0.15, 0.2) is 0 Å². The van der Waals surface area contributed by atoms with Crippen LogP contribution in [0.1, 0.15) is 23.2 Å². The van der Waals surface area contributed by atoms with Crippen molar-refractivity contribution in [1.82, 2.24) is 9.78 Å². The van der Waals surface area contributed by atoms with E-state index in [0.29, 0.717) is 5.56 Å². The van der Waals surface area contributed by atoms with Crippen LogP contribution in [-0.4, -0.2) is 20.9 Å². The molecule has 0 amide bonds. The number of benzene rings is 1. The predicted octanol–water partition coefficient (Wildman–Crippen LogP) is 1.80. The van der Waals surface area contributed by atoms with Crippen LogP contribution >= 0.6 is 0 Å². The van der Waals surface area contributed by atoms with Gasteiger partial charge in [-0.3, -0.25) is 19.4 Å². The molecule has 0 fully saturated rings. The molecule has 5 nitrogen and oxygen atoms in total. The van der Waals surface area contributed by atoms with Crippen molar-refractivity contribution in [2.24, 2.45) is 0 Å². The fourth-order valence-corrected chi connectivity index (χ4v) is 2.13. The third kappa shape index (κ3) is 2.59. The Morgan fingerprint density at radius 1 is 1.32 bits per heavy atom. The number of carbonyl (C=O) groups is 1. The van der Waals surface area contributed by atoms with Crippen molar-refractivity contribution in [3.63, 3.8) is 0 Å². The van der Waals surface area contributed by atoms with Gasteiger partial charge in [-0.2, -0.15) is 0 Å². The van der Waals surface area contributed by atoms with Gasteiger partial charge in [-0.25, -0.2) is 0 Å². The van der Waals surface area contributed by atoms with Crippen molar-refractivity contribution in [2.75, 3.05) is 0 Å². The van der Waals surface area contributed by atoms with E-state index in [1.807, 2.05) is 38.1 Å². The number of rotatable bonds is 4. The molecule has 19 heavy (non-hydrogen) atoms. The zero-order chi connectivity index (χ0) is 14.0. The van der Waals surface area contributed by atoms with Gasteiger partial charge < -0.3 is 5.11 Å². The Morgan fingerprint density at radius 2 is 2.00 bits per heavy atom. The van der Waals surface area contributed by atoms with E-state index in [9.17, 15) is 9.59 Å². The van der Waals surface area contributed by atoms with Crippen LogP contribution in [-0.2, 0) is 11.2 Å². The minimum atomic E-state index is -0.901. The van der Waals surface area contributed by atoms with Gasteiger partial charge in [0.1, 0.15) is 0 Å². The number of nitrogens with one attached hydrogen (secondary N) is 1. The number of aliphatic carboxylic acids is 1. The van der Waals surface area contributed by atoms with Crippen LogP contribution in [0.25, 0.3) is 5.69 Å². The molecule has 0 spiro atoms. The van der Waals surface area contributed by atoms with Crippen LogP contribution in [0.5, 0.6) is 0 Å². The molecule has 100 valence electrons. The summed E-state index contributed by atoms with van der Waals surface area (Å²) < 4.78 is 1.72. The lowest BCUT2D eigenvalue weighted by Crippen LogP contribution is -2.09. The summed E-state index contributed by atoms with van der Waals surface area (Å²) in [4.78, 5) is 22.5. The Hall–Kier alpha value is -2.30. The molecule has 2 aromatic rings. The van der Waals surface area contributed by atoms with E-state index < -0.39 is 5.97 Å². The number of hydrogen-bond acceptors (Lipinski definition) is 2. The summed E-state index contributed by atoms with van der Waals surface area (Å²) in [7, 11) is 0. The Bertz CT molecular complexity index is 668. The quantitative estimate of drug-likeness (QED) is 0.880. The van der Waals surface area contributed by atoms with E-state index in [1.165, 1.54) is 0 Å². The number of aromatic amines is 1.